The van der Waals surface area contributed by atoms with Gasteiger partial charge in [-0.3, -0.25) is 14.9 Å². The molecular formula is C28H31N5O3S. The minimum absolute atomic E-state index is 0.0848. The number of H-pyrrole nitrogens is 1. The first-order chi connectivity index (χ1) is 18.0. The van der Waals surface area contributed by atoms with Crippen LogP contribution in [0.4, 0.5) is 5.13 Å². The molecule has 4 rings (SSSR count). The van der Waals surface area contributed by atoms with E-state index < -0.39 is 0 Å². The average Bonchev–Trinajstić information content (AvgIpc) is 3.32. The highest BCUT2D eigenvalue weighted by Gasteiger charge is 2.22. The fraction of sp³-hybridized carbons (Fsp3) is 0.286. The molecule has 4 aromatic rings. The zero-order valence-corrected chi connectivity index (χ0v) is 22.0. The van der Waals surface area contributed by atoms with Gasteiger partial charge in [-0.1, -0.05) is 67.6 Å². The smallest absolute Gasteiger partial charge is 0.264 e. The Morgan fingerprint density at radius 1 is 1.08 bits per heavy atom. The number of ether oxygens (including phenoxy) is 1. The number of methoxy groups -OCH3 is 1. The molecule has 0 fully saturated rings. The molecule has 0 unspecified atom stereocenters. The second-order valence-electron chi connectivity index (χ2n) is 8.93. The van der Waals surface area contributed by atoms with Crippen LogP contribution in [0.5, 0.6) is 0 Å². The molecule has 0 bridgehead atoms. The molecule has 3 N–H and O–H groups in total. The van der Waals surface area contributed by atoms with Crippen molar-refractivity contribution in [1.82, 2.24) is 20.5 Å². The van der Waals surface area contributed by atoms with Crippen LogP contribution in [0.1, 0.15) is 47.7 Å². The van der Waals surface area contributed by atoms with Crippen LogP contribution < -0.4 is 16.2 Å². The van der Waals surface area contributed by atoms with Crippen LogP contribution in [-0.4, -0.2) is 41.3 Å². The first-order valence-electron chi connectivity index (χ1n) is 12.2. The highest BCUT2D eigenvalue weighted by Crippen LogP contribution is 2.40. The van der Waals surface area contributed by atoms with Gasteiger partial charge in [0.15, 0.2) is 5.13 Å². The second kappa shape index (κ2) is 12.5. The number of hydrogen-bond donors (Lipinski definition) is 3. The maximum absolute atomic E-state index is 13.0. The van der Waals surface area contributed by atoms with Crippen LogP contribution in [0.2, 0.25) is 0 Å². The molecular weight excluding hydrogens is 486 g/mol. The first kappa shape index (κ1) is 26.4. The number of carbonyl (C=O) groups excluding carboxylic acids is 1. The number of aromatic amines is 1. The summed E-state index contributed by atoms with van der Waals surface area (Å²) in [6, 6.07) is 18.8. The van der Waals surface area contributed by atoms with E-state index >= 15 is 0 Å². The molecule has 0 saturated heterocycles. The lowest BCUT2D eigenvalue weighted by molar-refractivity contribution is 0.102. The zero-order chi connectivity index (χ0) is 26.2. The van der Waals surface area contributed by atoms with Gasteiger partial charge in [0.2, 0.25) is 0 Å². The summed E-state index contributed by atoms with van der Waals surface area (Å²) in [5, 5.41) is 13.7. The van der Waals surface area contributed by atoms with Gasteiger partial charge < -0.3 is 10.1 Å². The number of benzene rings is 2. The van der Waals surface area contributed by atoms with Crippen LogP contribution in [-0.2, 0) is 11.3 Å². The van der Waals surface area contributed by atoms with Crippen molar-refractivity contribution in [1.29, 1.82) is 0 Å². The maximum atomic E-state index is 13.0. The fourth-order valence-electron chi connectivity index (χ4n) is 3.88. The summed E-state index contributed by atoms with van der Waals surface area (Å²) in [5.41, 5.74) is 4.49. The molecule has 2 aromatic carbocycles. The number of amides is 1. The summed E-state index contributed by atoms with van der Waals surface area (Å²) in [6.07, 6.45) is 0.949. The van der Waals surface area contributed by atoms with Crippen molar-refractivity contribution >= 4 is 22.4 Å². The fourth-order valence-corrected chi connectivity index (χ4v) is 4.88. The molecule has 0 aliphatic heterocycles. The summed E-state index contributed by atoms with van der Waals surface area (Å²) >= 11 is 1.34. The van der Waals surface area contributed by atoms with E-state index in [-0.39, 0.29) is 17.4 Å². The van der Waals surface area contributed by atoms with Crippen LogP contribution in [0.25, 0.3) is 21.8 Å². The number of rotatable bonds is 11. The van der Waals surface area contributed by atoms with Gasteiger partial charge >= 0.3 is 0 Å². The largest absolute Gasteiger partial charge is 0.385 e. The Bertz CT molecular complexity index is 1380. The third-order valence-corrected chi connectivity index (χ3v) is 6.79. The van der Waals surface area contributed by atoms with Crippen LogP contribution in [0, 0.1) is 0 Å². The van der Waals surface area contributed by atoms with Gasteiger partial charge in [-0.25, -0.2) is 10.1 Å². The summed E-state index contributed by atoms with van der Waals surface area (Å²) in [7, 11) is 1.70. The van der Waals surface area contributed by atoms with Crippen LogP contribution in [0.3, 0.4) is 0 Å². The zero-order valence-electron chi connectivity index (χ0n) is 21.2. The Morgan fingerprint density at radius 2 is 1.84 bits per heavy atom. The van der Waals surface area contributed by atoms with Crippen molar-refractivity contribution in [2.75, 3.05) is 25.6 Å². The van der Waals surface area contributed by atoms with E-state index in [0.717, 1.165) is 47.7 Å². The minimum atomic E-state index is -0.250. The van der Waals surface area contributed by atoms with Crippen LogP contribution in [0.15, 0.2) is 65.5 Å². The van der Waals surface area contributed by atoms with E-state index in [4.69, 9.17) is 9.72 Å². The molecule has 37 heavy (non-hydrogen) atoms. The SMILES string of the molecule is COCCCNCc1ccc(C(=O)Nc2nc(-c3ccccc3)c(-c3n[nH]c(=O)cc3C(C)C)s2)cc1. The maximum Gasteiger partial charge on any atom is 0.264 e. The van der Waals surface area contributed by atoms with Gasteiger partial charge in [-0.2, -0.15) is 5.10 Å². The highest BCUT2D eigenvalue weighted by molar-refractivity contribution is 7.19. The number of aromatic nitrogens is 3. The number of anilines is 1. The molecule has 0 aliphatic carbocycles. The van der Waals surface area contributed by atoms with Crippen molar-refractivity contribution in [2.24, 2.45) is 0 Å². The normalized spacial score (nSPS) is 11.1. The standard InChI is InChI=1S/C28H31N5O3S/c1-18(2)22-16-23(34)32-33-25(22)26-24(20-8-5-4-6-9-20)30-28(37-26)31-27(35)21-12-10-19(11-13-21)17-29-14-7-15-36-3/h4-6,8-13,16,18,29H,7,14-15,17H2,1-3H3,(H,32,34)(H,30,31,35). The van der Waals surface area contributed by atoms with Crippen LogP contribution >= 0.6 is 11.3 Å². The summed E-state index contributed by atoms with van der Waals surface area (Å²) in [5.74, 6) is -0.153. The molecule has 0 radical (unpaired) electrons. The van der Waals surface area contributed by atoms with Crippen molar-refractivity contribution in [3.05, 3.63) is 87.7 Å². The molecule has 0 atom stereocenters. The quantitative estimate of drug-likeness (QED) is 0.240. The summed E-state index contributed by atoms with van der Waals surface area (Å²) in [6.45, 7) is 6.37. The number of thiazole rings is 1. The van der Waals surface area contributed by atoms with Crippen molar-refractivity contribution < 1.29 is 9.53 Å². The average molecular weight is 518 g/mol. The Hall–Kier alpha value is -3.66. The summed E-state index contributed by atoms with van der Waals surface area (Å²) < 4.78 is 5.06. The molecule has 1 amide bonds. The Balaban J connectivity index is 1.57. The number of nitrogens with one attached hydrogen (secondary N) is 3. The number of hydrogen-bond acceptors (Lipinski definition) is 7. The van der Waals surface area contributed by atoms with E-state index in [1.165, 1.54) is 11.3 Å². The third kappa shape index (κ3) is 6.76. The van der Waals surface area contributed by atoms with Crippen molar-refractivity contribution in [3.63, 3.8) is 0 Å². The first-order valence-corrected chi connectivity index (χ1v) is 13.0. The lowest BCUT2D eigenvalue weighted by atomic mass is 10.00. The monoisotopic (exact) mass is 517 g/mol. The second-order valence-corrected chi connectivity index (χ2v) is 9.93. The van der Waals surface area contributed by atoms with Crippen molar-refractivity contribution in [2.45, 2.75) is 32.7 Å². The van der Waals surface area contributed by atoms with E-state index in [9.17, 15) is 9.59 Å². The van der Waals surface area contributed by atoms with E-state index in [2.05, 4.69) is 20.8 Å². The van der Waals surface area contributed by atoms with E-state index in [1.54, 1.807) is 13.2 Å². The van der Waals surface area contributed by atoms with Gasteiger partial charge in [0.1, 0.15) is 5.69 Å². The Morgan fingerprint density at radius 3 is 2.54 bits per heavy atom. The predicted octanol–water partition coefficient (Wildman–Crippen LogP) is 5.06. The molecule has 0 saturated carbocycles. The molecule has 0 aliphatic rings. The Kier molecular flexibility index (Phi) is 8.95. The minimum Gasteiger partial charge on any atom is -0.385 e. The van der Waals surface area contributed by atoms with Gasteiger partial charge in [0, 0.05) is 37.5 Å². The highest BCUT2D eigenvalue weighted by atomic mass is 32.1. The third-order valence-electron chi connectivity index (χ3n) is 5.82. The predicted molar refractivity (Wildman–Crippen MR) is 148 cm³/mol. The van der Waals surface area contributed by atoms with Gasteiger partial charge in [-0.05, 0) is 42.1 Å². The molecule has 192 valence electrons. The van der Waals surface area contributed by atoms with Gasteiger partial charge in [0.25, 0.3) is 11.5 Å². The van der Waals surface area contributed by atoms with Crippen molar-refractivity contribution in [3.8, 4) is 21.8 Å². The molecule has 2 aromatic heterocycles. The number of carbonyl (C=O) groups is 1. The molecule has 2 heterocycles. The lowest BCUT2D eigenvalue weighted by Crippen LogP contribution is -2.16. The van der Waals surface area contributed by atoms with E-state index in [0.29, 0.717) is 22.1 Å². The Labute approximate surface area is 220 Å². The van der Waals surface area contributed by atoms with Gasteiger partial charge in [-0.15, -0.1) is 0 Å². The van der Waals surface area contributed by atoms with E-state index in [1.807, 2.05) is 68.4 Å². The lowest BCUT2D eigenvalue weighted by Gasteiger charge is -2.10. The molecule has 9 heteroatoms. The number of nitrogens with zero attached hydrogens (tertiary/aromatic N) is 2. The molecule has 8 nitrogen and oxygen atoms in total. The topological polar surface area (TPSA) is 109 Å². The summed E-state index contributed by atoms with van der Waals surface area (Å²) in [4.78, 5) is 30.6. The van der Waals surface area contributed by atoms with Gasteiger partial charge in [0.05, 0.1) is 10.6 Å². The molecule has 0 spiro atoms.